The first-order chi connectivity index (χ1) is 9.74. The molecule has 1 heterocycles. The third-order valence-electron chi connectivity index (χ3n) is 2.75. The Morgan fingerprint density at radius 2 is 1.95 bits per heavy atom. The summed E-state index contributed by atoms with van der Waals surface area (Å²) in [5, 5.41) is 3.23. The van der Waals surface area contributed by atoms with Crippen molar-refractivity contribution in [3.05, 3.63) is 48.2 Å². The molecule has 0 bridgehead atoms. The van der Waals surface area contributed by atoms with E-state index in [1.54, 1.807) is 12.3 Å². The highest BCUT2D eigenvalue weighted by Crippen LogP contribution is 2.10. The molecule has 0 amide bonds. The fraction of sp³-hybridized carbons (Fsp3) is 0.375. The summed E-state index contributed by atoms with van der Waals surface area (Å²) < 4.78 is 5.54. The van der Waals surface area contributed by atoms with Gasteiger partial charge < -0.3 is 10.1 Å². The highest BCUT2D eigenvalue weighted by Gasteiger charge is 2.01. The summed E-state index contributed by atoms with van der Waals surface area (Å²) in [5.74, 6) is 1.23. The van der Waals surface area contributed by atoms with Crippen LogP contribution in [0.5, 0.6) is 5.88 Å². The van der Waals surface area contributed by atoms with Crippen LogP contribution in [0.3, 0.4) is 0 Å². The average Bonchev–Trinajstić information content (AvgIpc) is 2.44. The van der Waals surface area contributed by atoms with E-state index < -0.39 is 0 Å². The first-order valence-electron chi connectivity index (χ1n) is 7.01. The molecule has 1 aromatic carbocycles. The van der Waals surface area contributed by atoms with E-state index in [-0.39, 0.29) is 6.10 Å². The lowest BCUT2D eigenvalue weighted by molar-refractivity contribution is 0.232. The molecule has 0 aliphatic rings. The second-order valence-corrected chi connectivity index (χ2v) is 4.90. The predicted molar refractivity (Wildman–Crippen MR) is 81.0 cm³/mol. The Balaban J connectivity index is 1.76. The van der Waals surface area contributed by atoms with Gasteiger partial charge >= 0.3 is 0 Å². The molecule has 0 radical (unpaired) electrons. The molecule has 0 aliphatic heterocycles. The summed E-state index contributed by atoms with van der Waals surface area (Å²) in [7, 11) is 0. The van der Waals surface area contributed by atoms with Crippen LogP contribution in [0.15, 0.2) is 42.6 Å². The molecule has 0 unspecified atom stereocenters. The number of rotatable bonds is 7. The molecule has 0 saturated heterocycles. The number of hydrogen-bond acceptors (Lipinski definition) is 4. The van der Waals surface area contributed by atoms with Gasteiger partial charge in [0.2, 0.25) is 11.8 Å². The fourth-order valence-corrected chi connectivity index (χ4v) is 1.87. The number of aromatic nitrogens is 2. The van der Waals surface area contributed by atoms with Gasteiger partial charge in [0, 0.05) is 18.8 Å². The van der Waals surface area contributed by atoms with Crippen molar-refractivity contribution in [3.8, 4) is 5.88 Å². The SMILES string of the molecule is CC(C)Oc1ccnc(NCCCc2ccccc2)n1. The van der Waals surface area contributed by atoms with Gasteiger partial charge in [0.25, 0.3) is 0 Å². The van der Waals surface area contributed by atoms with Crippen molar-refractivity contribution in [2.75, 3.05) is 11.9 Å². The molecule has 2 rings (SSSR count). The molecule has 1 aromatic heterocycles. The van der Waals surface area contributed by atoms with Gasteiger partial charge in [-0.1, -0.05) is 30.3 Å². The van der Waals surface area contributed by atoms with Crippen LogP contribution in [0.4, 0.5) is 5.95 Å². The van der Waals surface area contributed by atoms with Gasteiger partial charge in [-0.25, -0.2) is 4.98 Å². The van der Waals surface area contributed by atoms with Crippen LogP contribution < -0.4 is 10.1 Å². The summed E-state index contributed by atoms with van der Waals surface area (Å²) in [6.07, 6.45) is 3.93. The number of hydrogen-bond donors (Lipinski definition) is 1. The van der Waals surface area contributed by atoms with Crippen molar-refractivity contribution in [1.82, 2.24) is 9.97 Å². The molecule has 0 spiro atoms. The molecular formula is C16H21N3O. The first kappa shape index (κ1) is 14.3. The lowest BCUT2D eigenvalue weighted by atomic mass is 10.1. The normalized spacial score (nSPS) is 10.6. The molecule has 0 saturated carbocycles. The predicted octanol–water partition coefficient (Wildman–Crippen LogP) is 3.31. The minimum atomic E-state index is 0.121. The largest absolute Gasteiger partial charge is 0.475 e. The van der Waals surface area contributed by atoms with Gasteiger partial charge in [-0.2, -0.15) is 4.98 Å². The Morgan fingerprint density at radius 3 is 2.70 bits per heavy atom. The molecule has 4 nitrogen and oxygen atoms in total. The van der Waals surface area contributed by atoms with Gasteiger partial charge in [-0.3, -0.25) is 0 Å². The Morgan fingerprint density at radius 1 is 1.15 bits per heavy atom. The Kier molecular flexibility index (Phi) is 5.35. The maximum atomic E-state index is 5.54. The van der Waals surface area contributed by atoms with E-state index in [4.69, 9.17) is 4.74 Å². The smallest absolute Gasteiger partial charge is 0.225 e. The molecule has 1 N–H and O–H groups in total. The summed E-state index contributed by atoms with van der Waals surface area (Å²) in [6, 6.07) is 12.2. The summed E-state index contributed by atoms with van der Waals surface area (Å²) in [6.45, 7) is 4.81. The minimum absolute atomic E-state index is 0.121. The third kappa shape index (κ3) is 4.88. The van der Waals surface area contributed by atoms with E-state index >= 15 is 0 Å². The van der Waals surface area contributed by atoms with Crippen molar-refractivity contribution in [1.29, 1.82) is 0 Å². The van der Waals surface area contributed by atoms with Gasteiger partial charge in [-0.05, 0) is 32.3 Å². The molecule has 4 heteroatoms. The Labute approximate surface area is 120 Å². The van der Waals surface area contributed by atoms with Gasteiger partial charge in [0.1, 0.15) is 0 Å². The average molecular weight is 271 g/mol. The van der Waals surface area contributed by atoms with Crippen LogP contribution in [-0.2, 0) is 6.42 Å². The third-order valence-corrected chi connectivity index (χ3v) is 2.75. The summed E-state index contributed by atoms with van der Waals surface area (Å²) in [4.78, 5) is 8.50. The lowest BCUT2D eigenvalue weighted by Crippen LogP contribution is -2.10. The minimum Gasteiger partial charge on any atom is -0.475 e. The summed E-state index contributed by atoms with van der Waals surface area (Å²) in [5.41, 5.74) is 1.35. The van der Waals surface area contributed by atoms with Gasteiger partial charge in [0.15, 0.2) is 0 Å². The maximum absolute atomic E-state index is 5.54. The zero-order valence-corrected chi connectivity index (χ0v) is 12.0. The zero-order chi connectivity index (χ0) is 14.2. The van der Waals surface area contributed by atoms with Crippen LogP contribution in [0.1, 0.15) is 25.8 Å². The van der Waals surface area contributed by atoms with Gasteiger partial charge in [-0.15, -0.1) is 0 Å². The molecule has 0 fully saturated rings. The van der Waals surface area contributed by atoms with E-state index in [0.29, 0.717) is 11.8 Å². The quantitative estimate of drug-likeness (QED) is 0.785. The maximum Gasteiger partial charge on any atom is 0.225 e. The van der Waals surface area contributed by atoms with E-state index in [2.05, 4.69) is 39.6 Å². The number of nitrogens with zero attached hydrogens (tertiary/aromatic N) is 2. The molecular weight excluding hydrogens is 250 g/mol. The van der Waals surface area contributed by atoms with E-state index in [9.17, 15) is 0 Å². The Bertz CT molecular complexity index is 514. The monoisotopic (exact) mass is 271 g/mol. The van der Waals surface area contributed by atoms with Crippen LogP contribution in [0.2, 0.25) is 0 Å². The standard InChI is InChI=1S/C16H21N3O/c1-13(2)20-15-10-12-18-16(19-15)17-11-6-9-14-7-4-3-5-8-14/h3-5,7-8,10,12-13H,6,9,11H2,1-2H3,(H,17,18,19). The number of nitrogens with one attached hydrogen (secondary N) is 1. The molecule has 20 heavy (non-hydrogen) atoms. The number of aryl methyl sites for hydroxylation is 1. The van der Waals surface area contributed by atoms with Crippen LogP contribution in [0, 0.1) is 0 Å². The molecule has 2 aromatic rings. The van der Waals surface area contributed by atoms with E-state index in [1.807, 2.05) is 19.9 Å². The zero-order valence-electron chi connectivity index (χ0n) is 12.0. The van der Waals surface area contributed by atoms with E-state index in [0.717, 1.165) is 19.4 Å². The van der Waals surface area contributed by atoms with Crippen LogP contribution in [0.25, 0.3) is 0 Å². The topological polar surface area (TPSA) is 47.0 Å². The van der Waals surface area contributed by atoms with Crippen molar-refractivity contribution in [2.24, 2.45) is 0 Å². The van der Waals surface area contributed by atoms with Crippen LogP contribution in [-0.4, -0.2) is 22.6 Å². The molecule has 0 aliphatic carbocycles. The fourth-order valence-electron chi connectivity index (χ4n) is 1.87. The second-order valence-electron chi connectivity index (χ2n) is 4.90. The van der Waals surface area contributed by atoms with Crippen molar-refractivity contribution in [2.45, 2.75) is 32.8 Å². The number of anilines is 1. The van der Waals surface area contributed by atoms with Crippen LogP contribution >= 0.6 is 0 Å². The number of ether oxygens (including phenoxy) is 1. The highest BCUT2D eigenvalue weighted by molar-refractivity contribution is 5.27. The van der Waals surface area contributed by atoms with Crippen molar-refractivity contribution < 1.29 is 4.74 Å². The second kappa shape index (κ2) is 7.48. The van der Waals surface area contributed by atoms with E-state index in [1.165, 1.54) is 5.56 Å². The lowest BCUT2D eigenvalue weighted by Gasteiger charge is -2.10. The van der Waals surface area contributed by atoms with Crippen molar-refractivity contribution >= 4 is 5.95 Å². The molecule has 106 valence electrons. The van der Waals surface area contributed by atoms with Gasteiger partial charge in [0.05, 0.1) is 6.10 Å². The highest BCUT2D eigenvalue weighted by atomic mass is 16.5. The molecule has 0 atom stereocenters. The number of benzene rings is 1. The summed E-state index contributed by atoms with van der Waals surface area (Å²) >= 11 is 0. The first-order valence-corrected chi connectivity index (χ1v) is 7.01. The van der Waals surface area contributed by atoms with Crippen molar-refractivity contribution in [3.63, 3.8) is 0 Å². The Hall–Kier alpha value is -2.10.